The van der Waals surface area contributed by atoms with E-state index in [4.69, 9.17) is 10.6 Å². The highest BCUT2D eigenvalue weighted by atomic mass is 16.5. The monoisotopic (exact) mass is 285 g/mol. The number of hydrazine groups is 1. The largest absolute Gasteiger partial charge is 0.492 e. The molecular weight excluding hydrogens is 266 g/mol. The van der Waals surface area contributed by atoms with Gasteiger partial charge in [0, 0.05) is 5.56 Å². The third kappa shape index (κ3) is 3.52. The Morgan fingerprint density at radius 1 is 1.19 bits per heavy atom. The molecule has 5 heteroatoms. The number of hydrogen-bond donors (Lipinski definition) is 3. The Morgan fingerprint density at radius 2 is 1.95 bits per heavy atom. The van der Waals surface area contributed by atoms with Crippen LogP contribution in [0.2, 0.25) is 0 Å². The van der Waals surface area contributed by atoms with Gasteiger partial charge in [0.05, 0.1) is 18.0 Å². The fraction of sp³-hybridized carbons (Fsp3) is 0.188. The Labute approximate surface area is 124 Å². The van der Waals surface area contributed by atoms with Crippen LogP contribution in [0.25, 0.3) is 0 Å². The molecule has 0 aliphatic rings. The van der Waals surface area contributed by atoms with Crippen molar-refractivity contribution in [2.24, 2.45) is 5.84 Å². The third-order valence-corrected chi connectivity index (χ3v) is 3.08. The van der Waals surface area contributed by atoms with E-state index < -0.39 is 0 Å². The first-order valence-corrected chi connectivity index (χ1v) is 6.76. The van der Waals surface area contributed by atoms with E-state index in [1.54, 1.807) is 18.2 Å². The molecule has 0 saturated carbocycles. The number of benzene rings is 2. The van der Waals surface area contributed by atoms with Crippen molar-refractivity contribution in [1.82, 2.24) is 0 Å². The number of nitrogen functional groups attached to an aromatic ring is 1. The molecule has 21 heavy (non-hydrogen) atoms. The van der Waals surface area contributed by atoms with Crippen molar-refractivity contribution in [2.75, 3.05) is 17.3 Å². The summed E-state index contributed by atoms with van der Waals surface area (Å²) in [7, 11) is 0. The SMILES string of the molecule is CCOc1ccccc1NC(=O)c1ccc(NN)c(C)c1. The van der Waals surface area contributed by atoms with E-state index >= 15 is 0 Å². The number of carbonyl (C=O) groups excluding carboxylic acids is 1. The summed E-state index contributed by atoms with van der Waals surface area (Å²) in [6, 6.07) is 12.6. The van der Waals surface area contributed by atoms with E-state index in [0.717, 1.165) is 11.3 Å². The summed E-state index contributed by atoms with van der Waals surface area (Å²) in [4.78, 5) is 12.3. The van der Waals surface area contributed by atoms with Crippen LogP contribution < -0.4 is 21.3 Å². The van der Waals surface area contributed by atoms with Crippen LogP contribution in [0.5, 0.6) is 5.75 Å². The van der Waals surface area contributed by atoms with Crippen LogP contribution in [0.15, 0.2) is 42.5 Å². The Morgan fingerprint density at radius 3 is 2.62 bits per heavy atom. The summed E-state index contributed by atoms with van der Waals surface area (Å²) < 4.78 is 5.49. The first-order chi connectivity index (χ1) is 10.2. The average Bonchev–Trinajstić information content (AvgIpc) is 2.49. The molecule has 0 bridgehead atoms. The van der Waals surface area contributed by atoms with E-state index in [-0.39, 0.29) is 5.91 Å². The van der Waals surface area contributed by atoms with Gasteiger partial charge in [-0.25, -0.2) is 0 Å². The lowest BCUT2D eigenvalue weighted by atomic mass is 10.1. The van der Waals surface area contributed by atoms with Gasteiger partial charge in [-0.15, -0.1) is 0 Å². The molecule has 1 amide bonds. The highest BCUT2D eigenvalue weighted by Crippen LogP contribution is 2.24. The first-order valence-electron chi connectivity index (χ1n) is 6.76. The minimum atomic E-state index is -0.186. The lowest BCUT2D eigenvalue weighted by Crippen LogP contribution is -2.14. The predicted octanol–water partition coefficient (Wildman–Crippen LogP) is 2.93. The second-order valence-electron chi connectivity index (χ2n) is 4.56. The van der Waals surface area contributed by atoms with Gasteiger partial charge >= 0.3 is 0 Å². The number of rotatable bonds is 5. The molecule has 4 N–H and O–H groups in total. The summed E-state index contributed by atoms with van der Waals surface area (Å²) in [6.07, 6.45) is 0. The number of amides is 1. The Hall–Kier alpha value is -2.53. The van der Waals surface area contributed by atoms with E-state index in [1.165, 1.54) is 0 Å². The molecule has 0 unspecified atom stereocenters. The van der Waals surface area contributed by atoms with Crippen LogP contribution in [0.3, 0.4) is 0 Å². The Kier molecular flexibility index (Phi) is 4.79. The number of carbonyl (C=O) groups is 1. The quantitative estimate of drug-likeness (QED) is 0.583. The normalized spacial score (nSPS) is 10.0. The van der Waals surface area contributed by atoms with Crippen LogP contribution in [0.1, 0.15) is 22.8 Å². The molecule has 0 atom stereocenters. The molecule has 5 nitrogen and oxygen atoms in total. The summed E-state index contributed by atoms with van der Waals surface area (Å²) in [5.74, 6) is 5.86. The van der Waals surface area contributed by atoms with E-state index in [1.807, 2.05) is 38.1 Å². The second kappa shape index (κ2) is 6.76. The molecule has 0 spiro atoms. The minimum Gasteiger partial charge on any atom is -0.492 e. The fourth-order valence-corrected chi connectivity index (χ4v) is 2.01. The molecule has 2 aromatic rings. The zero-order chi connectivity index (χ0) is 15.2. The number of hydrogen-bond acceptors (Lipinski definition) is 4. The van der Waals surface area contributed by atoms with E-state index in [2.05, 4.69) is 10.7 Å². The molecule has 0 fully saturated rings. The molecule has 110 valence electrons. The minimum absolute atomic E-state index is 0.186. The summed E-state index contributed by atoms with van der Waals surface area (Å²) in [6.45, 7) is 4.34. The molecular formula is C16H19N3O2. The second-order valence-corrected chi connectivity index (χ2v) is 4.56. The fourth-order valence-electron chi connectivity index (χ4n) is 2.01. The van der Waals surface area contributed by atoms with Crippen molar-refractivity contribution in [1.29, 1.82) is 0 Å². The molecule has 0 aliphatic carbocycles. The number of aryl methyl sites for hydroxylation is 1. The smallest absolute Gasteiger partial charge is 0.255 e. The zero-order valence-electron chi connectivity index (χ0n) is 12.1. The Balaban J connectivity index is 2.20. The number of nitrogens with two attached hydrogens (primary N) is 1. The molecule has 2 rings (SSSR count). The molecule has 2 aromatic carbocycles. The topological polar surface area (TPSA) is 76.4 Å². The van der Waals surface area contributed by atoms with Gasteiger partial charge in [0.25, 0.3) is 5.91 Å². The van der Waals surface area contributed by atoms with Gasteiger partial charge in [0.1, 0.15) is 5.75 Å². The molecule has 0 aromatic heterocycles. The van der Waals surface area contributed by atoms with Crippen LogP contribution in [0, 0.1) is 6.92 Å². The van der Waals surface area contributed by atoms with Gasteiger partial charge in [-0.05, 0) is 49.7 Å². The third-order valence-electron chi connectivity index (χ3n) is 3.08. The Bertz CT molecular complexity index is 641. The highest BCUT2D eigenvalue weighted by molar-refractivity contribution is 6.05. The average molecular weight is 285 g/mol. The van der Waals surface area contributed by atoms with Gasteiger partial charge in [-0.3, -0.25) is 10.6 Å². The van der Waals surface area contributed by atoms with Gasteiger partial charge < -0.3 is 15.5 Å². The van der Waals surface area contributed by atoms with E-state index in [9.17, 15) is 4.79 Å². The van der Waals surface area contributed by atoms with Crippen molar-refractivity contribution >= 4 is 17.3 Å². The number of nitrogens with one attached hydrogen (secondary N) is 2. The van der Waals surface area contributed by atoms with Gasteiger partial charge in [-0.1, -0.05) is 12.1 Å². The van der Waals surface area contributed by atoms with Crippen molar-refractivity contribution in [3.63, 3.8) is 0 Å². The molecule has 0 aliphatic heterocycles. The maximum absolute atomic E-state index is 12.3. The lowest BCUT2D eigenvalue weighted by molar-refractivity contribution is 0.102. The van der Waals surface area contributed by atoms with Crippen LogP contribution >= 0.6 is 0 Å². The maximum atomic E-state index is 12.3. The predicted molar refractivity (Wildman–Crippen MR) is 84.6 cm³/mol. The van der Waals surface area contributed by atoms with Crippen molar-refractivity contribution in [3.8, 4) is 5.75 Å². The standard InChI is InChI=1S/C16H19N3O2/c1-3-21-15-7-5-4-6-14(15)18-16(20)12-8-9-13(19-17)11(2)10-12/h4-10,19H,3,17H2,1-2H3,(H,18,20). The van der Waals surface area contributed by atoms with Gasteiger partial charge in [0.2, 0.25) is 0 Å². The summed E-state index contributed by atoms with van der Waals surface area (Å²) in [5, 5.41) is 2.86. The number of ether oxygens (including phenoxy) is 1. The van der Waals surface area contributed by atoms with Crippen molar-refractivity contribution in [3.05, 3.63) is 53.6 Å². The van der Waals surface area contributed by atoms with E-state index in [0.29, 0.717) is 23.6 Å². The van der Waals surface area contributed by atoms with Crippen LogP contribution in [0.4, 0.5) is 11.4 Å². The highest BCUT2D eigenvalue weighted by Gasteiger charge is 2.10. The summed E-state index contributed by atoms with van der Waals surface area (Å²) in [5.41, 5.74) is 5.51. The van der Waals surface area contributed by atoms with Crippen molar-refractivity contribution in [2.45, 2.75) is 13.8 Å². The van der Waals surface area contributed by atoms with Crippen LogP contribution in [-0.4, -0.2) is 12.5 Å². The molecule has 0 radical (unpaired) electrons. The number of para-hydroxylation sites is 2. The summed E-state index contributed by atoms with van der Waals surface area (Å²) >= 11 is 0. The van der Waals surface area contributed by atoms with Gasteiger partial charge in [0.15, 0.2) is 0 Å². The van der Waals surface area contributed by atoms with Gasteiger partial charge in [-0.2, -0.15) is 0 Å². The van der Waals surface area contributed by atoms with Crippen molar-refractivity contribution < 1.29 is 9.53 Å². The molecule has 0 heterocycles. The first kappa shape index (κ1) is 14.9. The zero-order valence-corrected chi connectivity index (χ0v) is 12.1. The lowest BCUT2D eigenvalue weighted by Gasteiger charge is -2.12. The molecule has 0 saturated heterocycles. The van der Waals surface area contributed by atoms with Crippen LogP contribution in [-0.2, 0) is 0 Å². The maximum Gasteiger partial charge on any atom is 0.255 e. The number of anilines is 2.